The van der Waals surface area contributed by atoms with Crippen LogP contribution in [0, 0.1) is 5.92 Å². The van der Waals surface area contributed by atoms with Crippen molar-refractivity contribution in [3.63, 3.8) is 0 Å². The third-order valence-corrected chi connectivity index (χ3v) is 2.55. The van der Waals surface area contributed by atoms with Gasteiger partial charge in [0.2, 0.25) is 0 Å². The molecule has 0 aromatic carbocycles. The minimum atomic E-state index is 0.640. The second-order valence-corrected chi connectivity index (χ2v) is 4.05. The highest BCUT2D eigenvalue weighted by Crippen LogP contribution is 2.29. The van der Waals surface area contributed by atoms with Gasteiger partial charge < -0.3 is 4.90 Å². The molecule has 0 aromatic heterocycles. The molecule has 4 heteroatoms. The number of nitrogens with zero attached hydrogens (tertiary/aromatic N) is 4. The second kappa shape index (κ2) is 6.68. The van der Waals surface area contributed by atoms with Crippen molar-refractivity contribution >= 4 is 0 Å². The van der Waals surface area contributed by atoms with Gasteiger partial charge in [-0.05, 0) is 50.2 Å². The molecule has 1 rings (SSSR count). The van der Waals surface area contributed by atoms with Gasteiger partial charge in [-0.2, -0.15) is 0 Å². The number of hydrogen-bond donors (Lipinski definition) is 0. The van der Waals surface area contributed by atoms with Crippen LogP contribution in [0.25, 0.3) is 10.4 Å². The molecule has 0 unspecified atom stereocenters. The highest BCUT2D eigenvalue weighted by Gasteiger charge is 2.23. The van der Waals surface area contributed by atoms with Gasteiger partial charge in [-0.1, -0.05) is 12.0 Å². The van der Waals surface area contributed by atoms with E-state index in [0.29, 0.717) is 6.54 Å². The maximum atomic E-state index is 8.14. The summed E-state index contributed by atoms with van der Waals surface area (Å²) in [6.45, 7) is 6.38. The van der Waals surface area contributed by atoms with Crippen LogP contribution in [0.2, 0.25) is 0 Å². The summed E-state index contributed by atoms with van der Waals surface area (Å²) in [5.41, 5.74) is 8.14. The highest BCUT2D eigenvalue weighted by atomic mass is 15.1. The largest absolute Gasteiger partial charge is 0.303 e. The lowest BCUT2D eigenvalue weighted by atomic mass is 10.3. The predicted octanol–water partition coefficient (Wildman–Crippen LogP) is 2.81. The average Bonchev–Trinajstić information content (AvgIpc) is 2.96. The molecule has 1 aliphatic carbocycles. The van der Waals surface area contributed by atoms with Gasteiger partial charge in [-0.25, -0.2) is 0 Å². The molecule has 0 spiro atoms. The Hall–Kier alpha value is -0.730. The van der Waals surface area contributed by atoms with Gasteiger partial charge in [-0.15, -0.1) is 0 Å². The summed E-state index contributed by atoms with van der Waals surface area (Å²) in [6, 6.07) is 0. The van der Waals surface area contributed by atoms with Crippen LogP contribution in [0.5, 0.6) is 0 Å². The summed E-state index contributed by atoms with van der Waals surface area (Å²) in [5, 5.41) is 3.55. The Bertz CT molecular complexity index is 194. The van der Waals surface area contributed by atoms with Crippen molar-refractivity contribution in [1.29, 1.82) is 0 Å². The third-order valence-electron chi connectivity index (χ3n) is 2.55. The van der Waals surface area contributed by atoms with E-state index >= 15 is 0 Å². The van der Waals surface area contributed by atoms with Gasteiger partial charge in [0.15, 0.2) is 0 Å². The molecule has 0 saturated heterocycles. The topological polar surface area (TPSA) is 52.0 Å². The Morgan fingerprint density at radius 1 is 1.43 bits per heavy atom. The maximum Gasteiger partial charge on any atom is 0.0270 e. The van der Waals surface area contributed by atoms with Crippen molar-refractivity contribution < 1.29 is 0 Å². The van der Waals surface area contributed by atoms with Gasteiger partial charge in [0, 0.05) is 18.0 Å². The first-order chi connectivity index (χ1) is 6.86. The highest BCUT2D eigenvalue weighted by molar-refractivity contribution is 4.77. The normalized spacial score (nSPS) is 15.6. The lowest BCUT2D eigenvalue weighted by molar-refractivity contribution is 0.261. The Labute approximate surface area is 85.9 Å². The molecule has 0 aromatic rings. The number of rotatable bonds is 8. The van der Waals surface area contributed by atoms with E-state index in [1.54, 1.807) is 0 Å². The first kappa shape index (κ1) is 11.3. The lowest BCUT2D eigenvalue weighted by Gasteiger charge is -2.20. The average molecular weight is 196 g/mol. The monoisotopic (exact) mass is 196 g/mol. The van der Waals surface area contributed by atoms with E-state index in [9.17, 15) is 0 Å². The molecule has 14 heavy (non-hydrogen) atoms. The quantitative estimate of drug-likeness (QED) is 0.255. The molecule has 1 fully saturated rings. The first-order valence-electron chi connectivity index (χ1n) is 5.60. The minimum absolute atomic E-state index is 0.640. The van der Waals surface area contributed by atoms with E-state index in [1.165, 1.54) is 32.4 Å². The van der Waals surface area contributed by atoms with Crippen LogP contribution in [0.15, 0.2) is 5.11 Å². The lowest BCUT2D eigenvalue weighted by Crippen LogP contribution is -2.28. The van der Waals surface area contributed by atoms with Crippen LogP contribution in [0.3, 0.4) is 0 Å². The van der Waals surface area contributed by atoms with E-state index in [0.717, 1.165) is 18.9 Å². The SMILES string of the molecule is CCCN(CCCN=[N+]=[N-])CC1CC1. The summed E-state index contributed by atoms with van der Waals surface area (Å²) >= 11 is 0. The first-order valence-corrected chi connectivity index (χ1v) is 5.60. The molecule has 1 aliphatic rings. The maximum absolute atomic E-state index is 8.14. The fourth-order valence-electron chi connectivity index (χ4n) is 1.69. The summed E-state index contributed by atoms with van der Waals surface area (Å²) < 4.78 is 0. The molecule has 0 aliphatic heterocycles. The van der Waals surface area contributed by atoms with E-state index in [4.69, 9.17) is 5.53 Å². The summed E-state index contributed by atoms with van der Waals surface area (Å²) in [7, 11) is 0. The zero-order valence-electron chi connectivity index (χ0n) is 9.02. The molecule has 1 saturated carbocycles. The Morgan fingerprint density at radius 3 is 2.79 bits per heavy atom. The zero-order valence-corrected chi connectivity index (χ0v) is 9.02. The van der Waals surface area contributed by atoms with Gasteiger partial charge in [0.25, 0.3) is 0 Å². The fraction of sp³-hybridized carbons (Fsp3) is 1.00. The van der Waals surface area contributed by atoms with Gasteiger partial charge >= 0.3 is 0 Å². The molecular formula is C10H20N4. The molecule has 0 heterocycles. The Morgan fingerprint density at radius 2 is 2.21 bits per heavy atom. The smallest absolute Gasteiger partial charge is 0.0270 e. The standard InChI is InChI=1S/C10H20N4/c1-2-7-14(9-10-4-5-10)8-3-6-12-13-11/h10H,2-9H2,1H3. The fourth-order valence-corrected chi connectivity index (χ4v) is 1.69. The van der Waals surface area contributed by atoms with Crippen LogP contribution in [-0.2, 0) is 0 Å². The van der Waals surface area contributed by atoms with E-state index < -0.39 is 0 Å². The van der Waals surface area contributed by atoms with E-state index in [2.05, 4.69) is 21.8 Å². The van der Waals surface area contributed by atoms with E-state index in [-0.39, 0.29) is 0 Å². The summed E-state index contributed by atoms with van der Waals surface area (Å²) in [6.07, 6.45) is 5.04. The zero-order chi connectivity index (χ0) is 10.2. The number of hydrogen-bond acceptors (Lipinski definition) is 2. The molecule has 4 nitrogen and oxygen atoms in total. The van der Waals surface area contributed by atoms with Crippen molar-refractivity contribution in [1.82, 2.24) is 4.90 Å². The van der Waals surface area contributed by atoms with Crippen LogP contribution in [-0.4, -0.2) is 31.1 Å². The number of azide groups is 1. The van der Waals surface area contributed by atoms with Gasteiger partial charge in [0.1, 0.15) is 0 Å². The molecule has 0 N–H and O–H groups in total. The van der Waals surface area contributed by atoms with Crippen molar-refractivity contribution in [3.8, 4) is 0 Å². The third kappa shape index (κ3) is 5.10. The van der Waals surface area contributed by atoms with E-state index in [1.807, 2.05) is 0 Å². The molecule has 0 amide bonds. The van der Waals surface area contributed by atoms with Crippen LogP contribution < -0.4 is 0 Å². The molecule has 0 bridgehead atoms. The molecular weight excluding hydrogens is 176 g/mol. The Kier molecular flexibility index (Phi) is 5.42. The molecule has 80 valence electrons. The van der Waals surface area contributed by atoms with Gasteiger partial charge in [0.05, 0.1) is 0 Å². The van der Waals surface area contributed by atoms with Crippen molar-refractivity contribution in [2.24, 2.45) is 11.0 Å². The van der Waals surface area contributed by atoms with Crippen molar-refractivity contribution in [2.45, 2.75) is 32.6 Å². The molecule has 0 atom stereocenters. The summed E-state index contributed by atoms with van der Waals surface area (Å²) in [5.74, 6) is 0.959. The molecule has 0 radical (unpaired) electrons. The Balaban J connectivity index is 2.09. The predicted molar refractivity (Wildman–Crippen MR) is 58.1 cm³/mol. The van der Waals surface area contributed by atoms with Crippen molar-refractivity contribution in [3.05, 3.63) is 10.4 Å². The van der Waals surface area contributed by atoms with Crippen molar-refractivity contribution in [2.75, 3.05) is 26.2 Å². The minimum Gasteiger partial charge on any atom is -0.303 e. The van der Waals surface area contributed by atoms with Gasteiger partial charge in [-0.3, -0.25) is 0 Å². The second-order valence-electron chi connectivity index (χ2n) is 4.05. The van der Waals surface area contributed by atoms with Crippen LogP contribution in [0.4, 0.5) is 0 Å². The van der Waals surface area contributed by atoms with Crippen LogP contribution in [0.1, 0.15) is 32.6 Å². The van der Waals surface area contributed by atoms with Crippen LogP contribution >= 0.6 is 0 Å². The summed E-state index contributed by atoms with van der Waals surface area (Å²) in [4.78, 5) is 5.26.